The Labute approximate surface area is 374 Å². The van der Waals surface area contributed by atoms with E-state index < -0.39 is 0 Å². The first-order valence-electron chi connectivity index (χ1n) is 23.2. The van der Waals surface area contributed by atoms with Gasteiger partial charge in [0.1, 0.15) is 0 Å². The fourth-order valence-corrected chi connectivity index (χ4v) is 12.7. The van der Waals surface area contributed by atoms with Crippen molar-refractivity contribution in [1.82, 2.24) is 0 Å². The van der Waals surface area contributed by atoms with Gasteiger partial charge in [-0.1, -0.05) is 164 Å². The third-order valence-electron chi connectivity index (χ3n) is 16.1. The second kappa shape index (κ2) is 12.0. The summed E-state index contributed by atoms with van der Waals surface area (Å²) in [6, 6.07) is 63.8. The van der Waals surface area contributed by atoms with Gasteiger partial charge < -0.3 is 0 Å². The van der Waals surface area contributed by atoms with E-state index in [-0.39, 0.29) is 16.2 Å². The Morgan fingerprint density at radius 2 is 0.656 bits per heavy atom. The van der Waals surface area contributed by atoms with Crippen LogP contribution in [0, 0.1) is 0 Å². The van der Waals surface area contributed by atoms with Crippen molar-refractivity contribution in [1.29, 1.82) is 0 Å². The van der Waals surface area contributed by atoms with Crippen LogP contribution in [-0.4, -0.2) is 0 Å². The van der Waals surface area contributed by atoms with Crippen molar-refractivity contribution in [3.63, 3.8) is 0 Å². The van der Waals surface area contributed by atoms with Crippen molar-refractivity contribution in [2.45, 2.75) is 64.7 Å². The van der Waals surface area contributed by atoms with Gasteiger partial charge in [0.25, 0.3) is 0 Å². The van der Waals surface area contributed by atoms with Crippen molar-refractivity contribution in [2.24, 2.45) is 0 Å². The maximum atomic E-state index is 2.55. The molecular weight excluding hydrogens is 769 g/mol. The molecule has 0 spiro atoms. The molecule has 0 heterocycles. The molecule has 14 rings (SSSR count). The predicted molar refractivity (Wildman–Crippen MR) is 276 cm³/mol. The largest absolute Gasteiger partial charge is 0.0619 e. The molecule has 0 unspecified atom stereocenters. The highest BCUT2D eigenvalue weighted by Crippen LogP contribution is 2.53. The Kier molecular flexibility index (Phi) is 6.81. The number of hydrogen-bond acceptors (Lipinski definition) is 0. The summed E-state index contributed by atoms with van der Waals surface area (Å²) in [4.78, 5) is 0. The van der Waals surface area contributed by atoms with Crippen LogP contribution in [0.5, 0.6) is 0 Å². The molecule has 2 aliphatic rings. The van der Waals surface area contributed by atoms with Gasteiger partial charge in [-0.05, 0) is 202 Å². The summed E-state index contributed by atoms with van der Waals surface area (Å²) in [5.41, 5.74) is 17.5. The fourth-order valence-electron chi connectivity index (χ4n) is 12.7. The van der Waals surface area contributed by atoms with Gasteiger partial charge in [0.2, 0.25) is 0 Å². The zero-order valence-corrected chi connectivity index (χ0v) is 37.6. The average molecular weight is 817 g/mol. The average Bonchev–Trinajstić information content (AvgIpc) is 3.95. The molecule has 0 aromatic heterocycles. The maximum Gasteiger partial charge on any atom is 0.0159 e. The second-order valence-electron chi connectivity index (χ2n) is 21.3. The first kappa shape index (κ1) is 36.5. The van der Waals surface area contributed by atoms with E-state index in [9.17, 15) is 0 Å². The van der Waals surface area contributed by atoms with E-state index in [2.05, 4.69) is 212 Å². The molecule has 64 heavy (non-hydrogen) atoms. The van der Waals surface area contributed by atoms with Gasteiger partial charge in [0, 0.05) is 10.8 Å². The minimum absolute atomic E-state index is 0.0153. The van der Waals surface area contributed by atoms with Crippen molar-refractivity contribution < 1.29 is 0 Å². The lowest BCUT2D eigenvalue weighted by molar-refractivity contribution is 0.592. The normalized spacial score (nSPS) is 15.0. The third-order valence-corrected chi connectivity index (χ3v) is 16.1. The van der Waals surface area contributed by atoms with Crippen LogP contribution in [0.15, 0.2) is 164 Å². The molecule has 0 bridgehead atoms. The number of benzene rings is 10. The summed E-state index contributed by atoms with van der Waals surface area (Å²) < 4.78 is 0. The van der Waals surface area contributed by atoms with Crippen LogP contribution in [-0.2, 0) is 16.2 Å². The molecule has 0 fully saturated rings. The van der Waals surface area contributed by atoms with Crippen molar-refractivity contribution in [3.8, 4) is 44.5 Å². The molecule has 0 aliphatic heterocycles. The van der Waals surface area contributed by atoms with Crippen LogP contribution in [0.3, 0.4) is 0 Å². The summed E-state index contributed by atoms with van der Waals surface area (Å²) in [5, 5.41) is 18.9. The van der Waals surface area contributed by atoms with Gasteiger partial charge in [0.15, 0.2) is 0 Å². The van der Waals surface area contributed by atoms with Gasteiger partial charge >= 0.3 is 0 Å². The van der Waals surface area contributed by atoms with Crippen LogP contribution in [0.4, 0.5) is 0 Å². The highest BCUT2D eigenvalue weighted by Gasteiger charge is 2.36. The van der Waals surface area contributed by atoms with Gasteiger partial charge in [-0.15, -0.1) is 0 Å². The Bertz CT molecular complexity index is 4030. The lowest BCUT2D eigenvalue weighted by atomic mass is 9.81. The van der Waals surface area contributed by atoms with Gasteiger partial charge in [0.05, 0.1) is 0 Å². The first-order valence-corrected chi connectivity index (χ1v) is 23.2. The topological polar surface area (TPSA) is 0 Å². The van der Waals surface area contributed by atoms with E-state index in [0.29, 0.717) is 0 Å². The summed E-state index contributed by atoms with van der Waals surface area (Å²) in [7, 11) is 0. The predicted octanol–water partition coefficient (Wildman–Crippen LogP) is 17.9. The molecule has 0 saturated carbocycles. The smallest absolute Gasteiger partial charge is 0.0159 e. The van der Waals surface area contributed by atoms with E-state index in [1.165, 1.54) is 148 Å². The Morgan fingerprint density at radius 1 is 0.281 bits per heavy atom. The van der Waals surface area contributed by atoms with Crippen molar-refractivity contribution >= 4 is 75.4 Å². The molecule has 2 aliphatic carbocycles. The third kappa shape index (κ3) is 4.58. The molecule has 0 saturated heterocycles. The Hall–Kier alpha value is -7.02. The van der Waals surface area contributed by atoms with Crippen LogP contribution < -0.4 is 0 Å². The van der Waals surface area contributed by atoms with E-state index in [4.69, 9.17) is 0 Å². The standard InChI is InChI=1S/C64H48/c1-62(2,3)39-31-52-41-24-20-36(38-22-26-45-43-14-9-11-18-57(43)64(6,7)59(45)30-38)28-49(41)55-33-50-47-16-12-15-46-40-23-19-35(27-48(40)54(60(46)47)34-51(50)53(32-39)61(52)55)37-21-25-44-42-13-8-10-17-56(42)63(4,5)58(44)29-37/h8-34H,1-7H3. The zero-order valence-electron chi connectivity index (χ0n) is 37.6. The van der Waals surface area contributed by atoms with E-state index >= 15 is 0 Å². The van der Waals surface area contributed by atoms with Crippen molar-refractivity contribution in [2.75, 3.05) is 0 Å². The second-order valence-corrected chi connectivity index (χ2v) is 21.3. The van der Waals surface area contributed by atoms with Gasteiger partial charge in [-0.25, -0.2) is 0 Å². The summed E-state index contributed by atoms with van der Waals surface area (Å²) in [6.07, 6.45) is 0. The van der Waals surface area contributed by atoms with Gasteiger partial charge in [-0.2, -0.15) is 0 Å². The lowest BCUT2D eigenvalue weighted by Crippen LogP contribution is -2.14. The molecule has 12 aromatic rings. The summed E-state index contributed by atoms with van der Waals surface area (Å²) in [6.45, 7) is 16.6. The van der Waals surface area contributed by atoms with E-state index in [0.717, 1.165) is 0 Å². The zero-order chi connectivity index (χ0) is 43.2. The van der Waals surface area contributed by atoms with E-state index in [1.54, 1.807) is 0 Å². The molecule has 0 heteroatoms. The number of hydrogen-bond donors (Lipinski definition) is 0. The maximum absolute atomic E-state index is 2.55. The van der Waals surface area contributed by atoms with Crippen LogP contribution in [0.1, 0.15) is 76.3 Å². The summed E-state index contributed by atoms with van der Waals surface area (Å²) in [5.74, 6) is 0. The fraction of sp³-hybridized carbons (Fsp3) is 0.156. The monoisotopic (exact) mass is 816 g/mol. The minimum Gasteiger partial charge on any atom is -0.0619 e. The van der Waals surface area contributed by atoms with E-state index in [1.807, 2.05) is 0 Å². The number of rotatable bonds is 2. The number of fused-ring (bicyclic) bond motifs is 15. The van der Waals surface area contributed by atoms with Crippen LogP contribution >= 0.6 is 0 Å². The summed E-state index contributed by atoms with van der Waals surface area (Å²) >= 11 is 0. The molecule has 0 nitrogen and oxygen atoms in total. The quantitative estimate of drug-likeness (QED) is 0.153. The molecule has 0 radical (unpaired) electrons. The SMILES string of the molecule is CC(C)(C)c1cc2c3ccc(-c4ccc5c(c4)C(C)(C)c4ccccc4-5)cc3c3cc4c(cc5c6cc(-c7ccc8c(c7)C(C)(C)c7ccccc7-8)ccc6c6cccc4c65)c(c1)c23. The van der Waals surface area contributed by atoms with Gasteiger partial charge in [-0.3, -0.25) is 0 Å². The Morgan fingerprint density at radius 3 is 1.19 bits per heavy atom. The molecule has 0 amide bonds. The highest BCUT2D eigenvalue weighted by molar-refractivity contribution is 6.41. The minimum atomic E-state index is -0.0432. The highest BCUT2D eigenvalue weighted by atomic mass is 14.4. The molecule has 12 aromatic carbocycles. The molecule has 0 N–H and O–H groups in total. The van der Waals surface area contributed by atoms with Crippen LogP contribution in [0.2, 0.25) is 0 Å². The molecular formula is C64H48. The molecule has 0 atom stereocenters. The lowest BCUT2D eigenvalue weighted by Gasteiger charge is -2.22. The van der Waals surface area contributed by atoms with Crippen molar-refractivity contribution in [3.05, 3.63) is 192 Å². The Balaban J connectivity index is 1.00. The van der Waals surface area contributed by atoms with Crippen LogP contribution in [0.25, 0.3) is 120 Å². The molecule has 304 valence electrons. The first-order chi connectivity index (χ1) is 30.9.